The van der Waals surface area contributed by atoms with E-state index in [1.165, 1.54) is 0 Å². The first-order valence-corrected chi connectivity index (χ1v) is 8.43. The highest BCUT2D eigenvalue weighted by Gasteiger charge is 2.14. The van der Waals surface area contributed by atoms with Crippen molar-refractivity contribution in [3.05, 3.63) is 42.6 Å². The SMILES string of the molecule is CCOc1ccccc1Nc1ccc(NC(=O)C(CC)CC)nc1. The van der Waals surface area contributed by atoms with Crippen molar-refractivity contribution in [3.63, 3.8) is 0 Å². The highest BCUT2D eigenvalue weighted by atomic mass is 16.5. The zero-order valence-electron chi connectivity index (χ0n) is 14.5. The quantitative estimate of drug-likeness (QED) is 0.744. The first kappa shape index (κ1) is 17.8. The van der Waals surface area contributed by atoms with E-state index in [0.717, 1.165) is 30.0 Å². The van der Waals surface area contributed by atoms with Crippen LogP contribution in [-0.4, -0.2) is 17.5 Å². The number of aromatic nitrogens is 1. The number of nitrogens with one attached hydrogen (secondary N) is 2. The van der Waals surface area contributed by atoms with Crippen LogP contribution in [0, 0.1) is 5.92 Å². The second-order valence-corrected chi connectivity index (χ2v) is 5.49. The van der Waals surface area contributed by atoms with Gasteiger partial charge in [0.1, 0.15) is 11.6 Å². The van der Waals surface area contributed by atoms with Gasteiger partial charge in [-0.15, -0.1) is 0 Å². The van der Waals surface area contributed by atoms with E-state index in [0.29, 0.717) is 12.4 Å². The molecule has 0 fully saturated rings. The third-order valence-corrected chi connectivity index (χ3v) is 3.84. The second-order valence-electron chi connectivity index (χ2n) is 5.49. The lowest BCUT2D eigenvalue weighted by molar-refractivity contribution is -0.120. The molecule has 0 bridgehead atoms. The molecule has 0 aliphatic heterocycles. The number of rotatable bonds is 8. The van der Waals surface area contributed by atoms with Gasteiger partial charge in [0.15, 0.2) is 0 Å². The van der Waals surface area contributed by atoms with E-state index in [-0.39, 0.29) is 11.8 Å². The molecule has 0 atom stereocenters. The lowest BCUT2D eigenvalue weighted by atomic mass is 10.0. The molecule has 0 radical (unpaired) electrons. The molecular formula is C19H25N3O2. The molecule has 2 N–H and O–H groups in total. The zero-order chi connectivity index (χ0) is 17.4. The largest absolute Gasteiger partial charge is 0.492 e. The van der Waals surface area contributed by atoms with Gasteiger partial charge < -0.3 is 15.4 Å². The highest BCUT2D eigenvalue weighted by molar-refractivity contribution is 5.91. The Kier molecular flexibility index (Phi) is 6.61. The van der Waals surface area contributed by atoms with Crippen LogP contribution >= 0.6 is 0 Å². The third-order valence-electron chi connectivity index (χ3n) is 3.84. The Balaban J connectivity index is 2.03. The number of hydrogen-bond donors (Lipinski definition) is 2. The number of anilines is 3. The number of carbonyl (C=O) groups is 1. The number of carbonyl (C=O) groups excluding carboxylic acids is 1. The molecule has 0 aliphatic carbocycles. The van der Waals surface area contributed by atoms with E-state index in [4.69, 9.17) is 4.74 Å². The fourth-order valence-electron chi connectivity index (χ4n) is 2.44. The Morgan fingerprint density at radius 3 is 2.50 bits per heavy atom. The van der Waals surface area contributed by atoms with Gasteiger partial charge in [-0.2, -0.15) is 0 Å². The number of amides is 1. The number of ether oxygens (including phenoxy) is 1. The number of benzene rings is 1. The Labute approximate surface area is 143 Å². The highest BCUT2D eigenvalue weighted by Crippen LogP contribution is 2.27. The van der Waals surface area contributed by atoms with Crippen molar-refractivity contribution in [2.75, 3.05) is 17.2 Å². The van der Waals surface area contributed by atoms with Crippen LogP contribution < -0.4 is 15.4 Å². The van der Waals surface area contributed by atoms with Crippen molar-refractivity contribution in [1.29, 1.82) is 0 Å². The fourth-order valence-corrected chi connectivity index (χ4v) is 2.44. The summed E-state index contributed by atoms with van der Waals surface area (Å²) in [6.45, 7) is 6.60. The Morgan fingerprint density at radius 2 is 1.88 bits per heavy atom. The summed E-state index contributed by atoms with van der Waals surface area (Å²) >= 11 is 0. The number of nitrogens with zero attached hydrogens (tertiary/aromatic N) is 1. The van der Waals surface area contributed by atoms with Crippen molar-refractivity contribution in [2.45, 2.75) is 33.6 Å². The summed E-state index contributed by atoms with van der Waals surface area (Å²) in [6.07, 6.45) is 3.36. The second kappa shape index (κ2) is 8.91. The van der Waals surface area contributed by atoms with E-state index in [2.05, 4.69) is 15.6 Å². The van der Waals surface area contributed by atoms with Gasteiger partial charge in [0.25, 0.3) is 0 Å². The lowest BCUT2D eigenvalue weighted by Crippen LogP contribution is -2.22. The summed E-state index contributed by atoms with van der Waals surface area (Å²) in [5.74, 6) is 1.42. The van der Waals surface area contributed by atoms with Crippen LogP contribution in [0.3, 0.4) is 0 Å². The van der Waals surface area contributed by atoms with Crippen LogP contribution in [0.25, 0.3) is 0 Å². The molecule has 1 aromatic carbocycles. The van der Waals surface area contributed by atoms with Crippen LogP contribution in [-0.2, 0) is 4.79 Å². The summed E-state index contributed by atoms with van der Waals surface area (Å²) in [7, 11) is 0. The normalized spacial score (nSPS) is 10.5. The Bertz CT molecular complexity index is 652. The minimum Gasteiger partial charge on any atom is -0.492 e. The van der Waals surface area contributed by atoms with Crippen LogP contribution in [0.15, 0.2) is 42.6 Å². The van der Waals surface area contributed by atoms with Gasteiger partial charge >= 0.3 is 0 Å². The maximum atomic E-state index is 12.1. The van der Waals surface area contributed by atoms with Gasteiger partial charge in [0.2, 0.25) is 5.91 Å². The predicted molar refractivity (Wildman–Crippen MR) is 97.8 cm³/mol. The summed E-state index contributed by atoms with van der Waals surface area (Å²) in [4.78, 5) is 16.4. The molecule has 128 valence electrons. The molecule has 5 heteroatoms. The van der Waals surface area contributed by atoms with Gasteiger partial charge in [0.05, 0.1) is 24.2 Å². The number of pyridine rings is 1. The van der Waals surface area contributed by atoms with Crippen LogP contribution in [0.5, 0.6) is 5.75 Å². The Hall–Kier alpha value is -2.56. The van der Waals surface area contributed by atoms with E-state index in [1.54, 1.807) is 12.3 Å². The molecule has 2 aromatic rings. The van der Waals surface area contributed by atoms with Crippen molar-refractivity contribution < 1.29 is 9.53 Å². The minimum absolute atomic E-state index is 0.0231. The summed E-state index contributed by atoms with van der Waals surface area (Å²) in [5, 5.41) is 6.15. The number of hydrogen-bond acceptors (Lipinski definition) is 4. The van der Waals surface area contributed by atoms with E-state index >= 15 is 0 Å². The summed E-state index contributed by atoms with van der Waals surface area (Å²) in [6, 6.07) is 11.4. The zero-order valence-corrected chi connectivity index (χ0v) is 14.5. The molecule has 1 aromatic heterocycles. The number of para-hydroxylation sites is 2. The fraction of sp³-hybridized carbons (Fsp3) is 0.368. The molecule has 1 amide bonds. The average Bonchev–Trinajstić information content (AvgIpc) is 2.60. The molecule has 0 saturated carbocycles. The van der Waals surface area contributed by atoms with Crippen LogP contribution in [0.1, 0.15) is 33.6 Å². The predicted octanol–water partition coefficient (Wildman–Crippen LogP) is 4.60. The van der Waals surface area contributed by atoms with Gasteiger partial charge in [-0.05, 0) is 44.0 Å². The standard InChI is InChI=1S/C19H25N3O2/c1-4-14(5-2)19(23)22-18-12-11-15(13-20-18)21-16-9-7-8-10-17(16)24-6-3/h7-14,21H,4-6H2,1-3H3,(H,20,22,23). The van der Waals surface area contributed by atoms with Gasteiger partial charge in [-0.3, -0.25) is 4.79 Å². The lowest BCUT2D eigenvalue weighted by Gasteiger charge is -2.14. The maximum absolute atomic E-state index is 12.1. The van der Waals surface area contributed by atoms with Crippen molar-refractivity contribution in [3.8, 4) is 5.75 Å². The monoisotopic (exact) mass is 327 g/mol. The van der Waals surface area contributed by atoms with Gasteiger partial charge in [-0.25, -0.2) is 4.98 Å². The molecule has 2 rings (SSSR count). The molecule has 0 saturated heterocycles. The molecule has 24 heavy (non-hydrogen) atoms. The maximum Gasteiger partial charge on any atom is 0.228 e. The molecule has 0 spiro atoms. The van der Waals surface area contributed by atoms with Crippen molar-refractivity contribution in [2.24, 2.45) is 5.92 Å². The summed E-state index contributed by atoms with van der Waals surface area (Å²) < 4.78 is 5.60. The van der Waals surface area contributed by atoms with Crippen molar-refractivity contribution >= 4 is 23.1 Å². The van der Waals surface area contributed by atoms with E-state index < -0.39 is 0 Å². The first-order valence-electron chi connectivity index (χ1n) is 8.43. The van der Waals surface area contributed by atoms with Crippen molar-refractivity contribution in [1.82, 2.24) is 4.98 Å². The third kappa shape index (κ3) is 4.72. The van der Waals surface area contributed by atoms with E-state index in [9.17, 15) is 4.79 Å². The topological polar surface area (TPSA) is 63.2 Å². The minimum atomic E-state index is 0.0231. The van der Waals surface area contributed by atoms with E-state index in [1.807, 2.05) is 51.1 Å². The molecular weight excluding hydrogens is 302 g/mol. The van der Waals surface area contributed by atoms with Gasteiger partial charge in [-0.1, -0.05) is 26.0 Å². The van der Waals surface area contributed by atoms with Crippen LogP contribution in [0.2, 0.25) is 0 Å². The van der Waals surface area contributed by atoms with Crippen LogP contribution in [0.4, 0.5) is 17.2 Å². The molecule has 0 aliphatic rings. The molecule has 1 heterocycles. The molecule has 5 nitrogen and oxygen atoms in total. The van der Waals surface area contributed by atoms with Gasteiger partial charge in [0, 0.05) is 5.92 Å². The summed E-state index contributed by atoms with van der Waals surface area (Å²) in [5.41, 5.74) is 1.72. The smallest absolute Gasteiger partial charge is 0.228 e. The average molecular weight is 327 g/mol. The Morgan fingerprint density at radius 1 is 1.12 bits per heavy atom. The molecule has 0 unspecified atom stereocenters. The first-order chi connectivity index (χ1) is 11.7.